The van der Waals surface area contributed by atoms with Gasteiger partial charge in [0.2, 0.25) is 0 Å². The maximum atomic E-state index is 5.70. The number of nitrogens with two attached hydrogens (primary N) is 1. The molecule has 0 bridgehead atoms. The Hall–Kier alpha value is -0.120. The van der Waals surface area contributed by atoms with Gasteiger partial charge in [-0.2, -0.15) is 0 Å². The summed E-state index contributed by atoms with van der Waals surface area (Å²) in [7, 11) is 4.34. The van der Waals surface area contributed by atoms with Gasteiger partial charge in [0.05, 0.1) is 0 Å². The number of likely N-dealkylation sites (N-methyl/N-ethyl adjacent to an activating group) is 1. The van der Waals surface area contributed by atoms with Gasteiger partial charge < -0.3 is 10.6 Å². The number of hydrogen-bond acceptors (Lipinski definition) is 3. The van der Waals surface area contributed by atoms with E-state index in [0.717, 1.165) is 12.6 Å². The number of rotatable bonds is 4. The third-order valence-electron chi connectivity index (χ3n) is 3.70. The Morgan fingerprint density at radius 3 is 2.50 bits per heavy atom. The van der Waals surface area contributed by atoms with Crippen LogP contribution in [0.5, 0.6) is 0 Å². The highest BCUT2D eigenvalue weighted by Crippen LogP contribution is 2.19. The van der Waals surface area contributed by atoms with Gasteiger partial charge in [0, 0.05) is 25.2 Å². The zero-order chi connectivity index (χ0) is 10.7. The molecule has 0 radical (unpaired) electrons. The zero-order valence-corrected chi connectivity index (χ0v) is 10.0. The first-order chi connectivity index (χ1) is 6.56. The SMILES string of the molecule is CC(CN)C(C)N1CCC(N(C)C)C1. The molecule has 3 unspecified atom stereocenters. The minimum absolute atomic E-state index is 0.607. The predicted octanol–water partition coefficient (Wildman–Crippen LogP) is 0.606. The van der Waals surface area contributed by atoms with E-state index in [1.807, 2.05) is 0 Å². The van der Waals surface area contributed by atoms with Gasteiger partial charge in [-0.25, -0.2) is 0 Å². The molecule has 1 aliphatic heterocycles. The van der Waals surface area contributed by atoms with Crippen molar-refractivity contribution in [3.05, 3.63) is 0 Å². The lowest BCUT2D eigenvalue weighted by Gasteiger charge is -2.29. The molecule has 1 saturated heterocycles. The van der Waals surface area contributed by atoms with Crippen LogP contribution < -0.4 is 5.73 Å². The molecule has 1 aliphatic rings. The largest absolute Gasteiger partial charge is 0.330 e. The Morgan fingerprint density at radius 2 is 2.07 bits per heavy atom. The van der Waals surface area contributed by atoms with E-state index in [4.69, 9.17) is 5.73 Å². The fraction of sp³-hybridized carbons (Fsp3) is 1.00. The van der Waals surface area contributed by atoms with Crippen LogP contribution >= 0.6 is 0 Å². The van der Waals surface area contributed by atoms with Crippen molar-refractivity contribution in [1.82, 2.24) is 9.80 Å². The van der Waals surface area contributed by atoms with Crippen molar-refractivity contribution >= 4 is 0 Å². The first-order valence-electron chi connectivity index (χ1n) is 5.66. The molecular weight excluding hydrogens is 174 g/mol. The second kappa shape index (κ2) is 5.10. The van der Waals surface area contributed by atoms with Crippen molar-refractivity contribution in [2.45, 2.75) is 32.4 Å². The third kappa shape index (κ3) is 2.69. The second-order valence-corrected chi connectivity index (χ2v) is 4.85. The van der Waals surface area contributed by atoms with Crippen molar-refractivity contribution in [1.29, 1.82) is 0 Å². The molecule has 2 N–H and O–H groups in total. The first kappa shape index (κ1) is 12.0. The average molecular weight is 199 g/mol. The Bertz CT molecular complexity index is 170. The van der Waals surface area contributed by atoms with Gasteiger partial charge in [-0.05, 0) is 39.9 Å². The van der Waals surface area contributed by atoms with Crippen LogP contribution in [0.25, 0.3) is 0 Å². The van der Waals surface area contributed by atoms with E-state index in [9.17, 15) is 0 Å². The summed E-state index contributed by atoms with van der Waals surface area (Å²) < 4.78 is 0. The summed E-state index contributed by atoms with van der Waals surface area (Å²) in [6.45, 7) is 7.78. The molecular formula is C11H25N3. The number of likely N-dealkylation sites (tertiary alicyclic amines) is 1. The smallest absolute Gasteiger partial charge is 0.0229 e. The summed E-state index contributed by atoms with van der Waals surface area (Å²) in [4.78, 5) is 4.90. The Kier molecular flexibility index (Phi) is 4.35. The minimum atomic E-state index is 0.607. The standard InChI is InChI=1S/C11H25N3/c1-9(7-12)10(2)14-6-5-11(8-14)13(3)4/h9-11H,5-8,12H2,1-4H3. The first-order valence-corrected chi connectivity index (χ1v) is 5.66. The van der Waals surface area contributed by atoms with Crippen LogP contribution in [-0.4, -0.2) is 55.6 Å². The molecule has 0 aromatic heterocycles. The normalized spacial score (nSPS) is 28.3. The maximum absolute atomic E-state index is 5.70. The lowest BCUT2D eigenvalue weighted by molar-refractivity contribution is 0.184. The highest BCUT2D eigenvalue weighted by Gasteiger charge is 2.28. The molecule has 84 valence electrons. The summed E-state index contributed by atoms with van der Waals surface area (Å²) in [5, 5.41) is 0. The molecule has 3 nitrogen and oxygen atoms in total. The summed E-state index contributed by atoms with van der Waals surface area (Å²) in [5.41, 5.74) is 5.70. The van der Waals surface area contributed by atoms with Crippen molar-refractivity contribution in [2.75, 3.05) is 33.7 Å². The molecule has 1 fully saturated rings. The van der Waals surface area contributed by atoms with Crippen molar-refractivity contribution < 1.29 is 0 Å². The number of nitrogens with zero attached hydrogens (tertiary/aromatic N) is 2. The van der Waals surface area contributed by atoms with Gasteiger partial charge in [0.15, 0.2) is 0 Å². The summed E-state index contributed by atoms with van der Waals surface area (Å²) in [6.07, 6.45) is 1.30. The van der Waals surface area contributed by atoms with Crippen molar-refractivity contribution in [2.24, 2.45) is 11.7 Å². The van der Waals surface area contributed by atoms with E-state index in [1.165, 1.54) is 19.5 Å². The van der Waals surface area contributed by atoms with Crippen LogP contribution in [0.1, 0.15) is 20.3 Å². The molecule has 0 saturated carbocycles. The predicted molar refractivity (Wildman–Crippen MR) is 61.3 cm³/mol. The fourth-order valence-electron chi connectivity index (χ4n) is 2.12. The Morgan fingerprint density at radius 1 is 1.43 bits per heavy atom. The average Bonchev–Trinajstić information content (AvgIpc) is 2.64. The summed E-state index contributed by atoms with van der Waals surface area (Å²) in [6, 6.07) is 1.37. The van der Waals surface area contributed by atoms with Crippen LogP contribution in [0.4, 0.5) is 0 Å². The number of hydrogen-bond donors (Lipinski definition) is 1. The Labute approximate surface area is 88.2 Å². The second-order valence-electron chi connectivity index (χ2n) is 4.85. The molecule has 0 aromatic rings. The van der Waals surface area contributed by atoms with Crippen LogP contribution in [0.15, 0.2) is 0 Å². The maximum Gasteiger partial charge on any atom is 0.0229 e. The zero-order valence-electron chi connectivity index (χ0n) is 10.0. The molecule has 0 aromatic carbocycles. The van der Waals surface area contributed by atoms with E-state index in [-0.39, 0.29) is 0 Å². The highest BCUT2D eigenvalue weighted by atomic mass is 15.2. The van der Waals surface area contributed by atoms with Crippen LogP contribution in [0.2, 0.25) is 0 Å². The van der Waals surface area contributed by atoms with Crippen LogP contribution in [0.3, 0.4) is 0 Å². The lowest BCUT2D eigenvalue weighted by atomic mass is 10.0. The van der Waals surface area contributed by atoms with Gasteiger partial charge in [-0.3, -0.25) is 4.90 Å². The van der Waals surface area contributed by atoms with Crippen molar-refractivity contribution in [3.8, 4) is 0 Å². The molecule has 14 heavy (non-hydrogen) atoms. The minimum Gasteiger partial charge on any atom is -0.330 e. The fourth-order valence-corrected chi connectivity index (χ4v) is 2.12. The molecule has 0 amide bonds. The van der Waals surface area contributed by atoms with E-state index < -0.39 is 0 Å². The van der Waals surface area contributed by atoms with Gasteiger partial charge in [-0.1, -0.05) is 6.92 Å². The molecule has 0 spiro atoms. The lowest BCUT2D eigenvalue weighted by Crippen LogP contribution is -2.40. The summed E-state index contributed by atoms with van der Waals surface area (Å²) >= 11 is 0. The van der Waals surface area contributed by atoms with E-state index in [0.29, 0.717) is 12.0 Å². The van der Waals surface area contributed by atoms with Crippen LogP contribution in [-0.2, 0) is 0 Å². The molecule has 3 heteroatoms. The van der Waals surface area contributed by atoms with E-state index in [2.05, 4.69) is 37.7 Å². The molecule has 1 heterocycles. The van der Waals surface area contributed by atoms with Gasteiger partial charge in [0.1, 0.15) is 0 Å². The van der Waals surface area contributed by atoms with Crippen molar-refractivity contribution in [3.63, 3.8) is 0 Å². The van der Waals surface area contributed by atoms with Gasteiger partial charge in [-0.15, -0.1) is 0 Å². The quantitative estimate of drug-likeness (QED) is 0.720. The molecule has 0 aliphatic carbocycles. The topological polar surface area (TPSA) is 32.5 Å². The van der Waals surface area contributed by atoms with E-state index >= 15 is 0 Å². The molecule has 3 atom stereocenters. The van der Waals surface area contributed by atoms with Gasteiger partial charge in [0.25, 0.3) is 0 Å². The monoisotopic (exact) mass is 199 g/mol. The highest BCUT2D eigenvalue weighted by molar-refractivity contribution is 4.85. The summed E-state index contributed by atoms with van der Waals surface area (Å²) in [5.74, 6) is 0.607. The Balaban J connectivity index is 2.41. The third-order valence-corrected chi connectivity index (χ3v) is 3.70. The van der Waals surface area contributed by atoms with Gasteiger partial charge >= 0.3 is 0 Å². The molecule has 1 rings (SSSR count). The van der Waals surface area contributed by atoms with E-state index in [1.54, 1.807) is 0 Å². The van der Waals surface area contributed by atoms with Crippen LogP contribution in [0, 0.1) is 5.92 Å².